The Labute approximate surface area is 134 Å². The highest BCUT2D eigenvalue weighted by Gasteiger charge is 2.42. The number of pyridine rings is 1. The fourth-order valence-corrected chi connectivity index (χ4v) is 2.48. The van der Waals surface area contributed by atoms with Crippen LogP contribution < -0.4 is 10.5 Å². The number of rotatable bonds is 6. The molecule has 0 radical (unpaired) electrons. The van der Waals surface area contributed by atoms with Gasteiger partial charge in [0.15, 0.2) is 5.60 Å². The van der Waals surface area contributed by atoms with Crippen LogP contribution in [0.3, 0.4) is 0 Å². The minimum absolute atomic E-state index is 0.207. The van der Waals surface area contributed by atoms with Crippen LogP contribution in [0.4, 0.5) is 0 Å². The normalized spacial score (nSPS) is 18.8. The molecule has 2 heterocycles. The van der Waals surface area contributed by atoms with E-state index in [1.54, 1.807) is 18.2 Å². The first kappa shape index (κ1) is 17.4. The lowest BCUT2D eigenvalue weighted by Gasteiger charge is -2.29. The largest absolute Gasteiger partial charge is 0.497 e. The summed E-state index contributed by atoms with van der Waals surface area (Å²) in [6, 6.07) is 2.19. The Morgan fingerprint density at radius 1 is 1.57 bits per heavy atom. The summed E-state index contributed by atoms with van der Waals surface area (Å²) in [4.78, 5) is 15.7. The van der Waals surface area contributed by atoms with Gasteiger partial charge in [-0.1, -0.05) is 11.6 Å². The molecule has 0 amide bonds. The van der Waals surface area contributed by atoms with Crippen molar-refractivity contribution >= 4 is 5.97 Å². The summed E-state index contributed by atoms with van der Waals surface area (Å²) < 4.78 is 10.3. The van der Waals surface area contributed by atoms with Gasteiger partial charge in [0.05, 0.1) is 26.4 Å². The van der Waals surface area contributed by atoms with Gasteiger partial charge in [-0.25, -0.2) is 4.79 Å². The number of aromatic nitrogens is 1. The summed E-state index contributed by atoms with van der Waals surface area (Å²) in [5.74, 6) is -0.836. The molecule has 1 aliphatic rings. The third-order valence-electron chi connectivity index (χ3n) is 3.95. The summed E-state index contributed by atoms with van der Waals surface area (Å²) >= 11 is 0. The van der Waals surface area contributed by atoms with Gasteiger partial charge in [0.1, 0.15) is 5.75 Å². The molecule has 1 fully saturated rings. The predicted molar refractivity (Wildman–Crippen MR) is 83.2 cm³/mol. The zero-order valence-electron chi connectivity index (χ0n) is 13.1. The van der Waals surface area contributed by atoms with Gasteiger partial charge in [-0.2, -0.15) is 0 Å². The molecule has 4 N–H and O–H groups in total. The number of carbonyl (C=O) groups is 1. The van der Waals surface area contributed by atoms with Crippen LogP contribution in [-0.2, 0) is 16.0 Å². The van der Waals surface area contributed by atoms with Gasteiger partial charge in [-0.05, 0) is 18.9 Å². The SMILES string of the molecule is COc1ccnc(C[C@](O)(C(=O)O)[C@@H](N)C=C2CCOCC2)c1. The highest BCUT2D eigenvalue weighted by Crippen LogP contribution is 2.22. The third-order valence-corrected chi connectivity index (χ3v) is 3.95. The van der Waals surface area contributed by atoms with Crippen molar-refractivity contribution in [3.63, 3.8) is 0 Å². The Balaban J connectivity index is 2.21. The van der Waals surface area contributed by atoms with Gasteiger partial charge in [-0.3, -0.25) is 4.98 Å². The average molecular weight is 322 g/mol. The van der Waals surface area contributed by atoms with Gasteiger partial charge in [0, 0.05) is 24.4 Å². The summed E-state index contributed by atoms with van der Waals surface area (Å²) in [6.45, 7) is 1.17. The molecule has 7 nitrogen and oxygen atoms in total. The molecule has 0 aliphatic carbocycles. The van der Waals surface area contributed by atoms with Crippen LogP contribution in [0.25, 0.3) is 0 Å². The Bertz CT molecular complexity index is 582. The van der Waals surface area contributed by atoms with Crippen LogP contribution in [0.5, 0.6) is 5.75 Å². The Hall–Kier alpha value is -1.96. The number of nitrogens with two attached hydrogens (primary N) is 1. The van der Waals surface area contributed by atoms with Crippen molar-refractivity contribution in [3.05, 3.63) is 35.7 Å². The molecule has 2 atom stereocenters. The summed E-state index contributed by atoms with van der Waals surface area (Å²) in [6.07, 6.45) is 4.32. The van der Waals surface area contributed by atoms with E-state index in [1.165, 1.54) is 13.3 Å². The van der Waals surface area contributed by atoms with E-state index in [0.29, 0.717) is 37.5 Å². The van der Waals surface area contributed by atoms with Crippen molar-refractivity contribution in [1.82, 2.24) is 4.98 Å². The van der Waals surface area contributed by atoms with E-state index in [9.17, 15) is 15.0 Å². The molecule has 1 aromatic rings. The van der Waals surface area contributed by atoms with Gasteiger partial charge < -0.3 is 25.4 Å². The zero-order chi connectivity index (χ0) is 16.9. The minimum atomic E-state index is -2.13. The van der Waals surface area contributed by atoms with Gasteiger partial charge in [0.2, 0.25) is 0 Å². The Kier molecular flexibility index (Phi) is 5.70. The number of ether oxygens (including phenoxy) is 2. The maximum atomic E-state index is 11.6. The van der Waals surface area contributed by atoms with Gasteiger partial charge in [-0.15, -0.1) is 0 Å². The van der Waals surface area contributed by atoms with Crippen molar-refractivity contribution < 1.29 is 24.5 Å². The van der Waals surface area contributed by atoms with E-state index in [4.69, 9.17) is 15.2 Å². The topological polar surface area (TPSA) is 115 Å². The minimum Gasteiger partial charge on any atom is -0.497 e. The van der Waals surface area contributed by atoms with Gasteiger partial charge >= 0.3 is 5.97 Å². The van der Waals surface area contributed by atoms with Gasteiger partial charge in [0.25, 0.3) is 0 Å². The van der Waals surface area contributed by atoms with Crippen molar-refractivity contribution in [3.8, 4) is 5.75 Å². The molecule has 0 aromatic carbocycles. The van der Waals surface area contributed by atoms with E-state index in [-0.39, 0.29) is 6.42 Å². The Morgan fingerprint density at radius 2 is 2.26 bits per heavy atom. The van der Waals surface area contributed by atoms with E-state index in [2.05, 4.69) is 4.98 Å². The van der Waals surface area contributed by atoms with Crippen LogP contribution in [0.1, 0.15) is 18.5 Å². The predicted octanol–water partition coefficient (Wildman–Crippen LogP) is 0.512. The standard InChI is InChI=1S/C16H22N2O5/c1-22-13-2-5-18-12(9-13)10-16(21,15(19)20)14(17)8-11-3-6-23-7-4-11/h2,5,8-9,14,21H,3-4,6-7,10,17H2,1H3,(H,19,20)/t14-,16+/m0/s1. The molecule has 0 spiro atoms. The Morgan fingerprint density at radius 3 is 2.87 bits per heavy atom. The van der Waals surface area contributed by atoms with Crippen LogP contribution in [-0.4, -0.2) is 53.1 Å². The first-order chi connectivity index (χ1) is 11.0. The molecule has 0 unspecified atom stereocenters. The van der Waals surface area contributed by atoms with Crippen LogP contribution in [0.2, 0.25) is 0 Å². The molecule has 7 heteroatoms. The maximum absolute atomic E-state index is 11.6. The van der Waals surface area contributed by atoms with E-state index in [1.807, 2.05) is 0 Å². The highest BCUT2D eigenvalue weighted by molar-refractivity contribution is 5.79. The number of hydrogen-bond donors (Lipinski definition) is 3. The van der Waals surface area contributed by atoms with Crippen molar-refractivity contribution in [2.24, 2.45) is 5.73 Å². The molecular formula is C16H22N2O5. The van der Waals surface area contributed by atoms with Crippen LogP contribution in [0.15, 0.2) is 30.0 Å². The molecule has 1 saturated heterocycles. The lowest BCUT2D eigenvalue weighted by Crippen LogP contribution is -2.55. The molecule has 1 aliphatic heterocycles. The number of hydrogen-bond acceptors (Lipinski definition) is 6. The van der Waals surface area contributed by atoms with Crippen LogP contribution >= 0.6 is 0 Å². The average Bonchev–Trinajstić information content (AvgIpc) is 2.55. The molecule has 0 bridgehead atoms. The second kappa shape index (κ2) is 7.54. The molecular weight excluding hydrogens is 300 g/mol. The molecule has 1 aromatic heterocycles. The maximum Gasteiger partial charge on any atom is 0.338 e. The number of aliphatic carboxylic acids is 1. The van der Waals surface area contributed by atoms with E-state index in [0.717, 1.165) is 5.57 Å². The molecule has 126 valence electrons. The first-order valence-corrected chi connectivity index (χ1v) is 7.43. The number of carboxylic acids is 1. The number of nitrogens with zero attached hydrogens (tertiary/aromatic N) is 1. The lowest BCUT2D eigenvalue weighted by atomic mass is 9.87. The van der Waals surface area contributed by atoms with Crippen molar-refractivity contribution in [1.29, 1.82) is 0 Å². The fraction of sp³-hybridized carbons (Fsp3) is 0.500. The molecule has 2 rings (SSSR count). The number of carboxylic acid groups (broad SMARTS) is 1. The smallest absolute Gasteiger partial charge is 0.338 e. The highest BCUT2D eigenvalue weighted by atomic mass is 16.5. The van der Waals surface area contributed by atoms with E-state index < -0.39 is 17.6 Å². The number of aliphatic hydroxyl groups is 1. The van der Waals surface area contributed by atoms with E-state index >= 15 is 0 Å². The van der Waals surface area contributed by atoms with Crippen molar-refractivity contribution in [2.75, 3.05) is 20.3 Å². The fourth-order valence-electron chi connectivity index (χ4n) is 2.48. The summed E-state index contributed by atoms with van der Waals surface area (Å²) in [5.41, 5.74) is 5.26. The summed E-state index contributed by atoms with van der Waals surface area (Å²) in [5, 5.41) is 20.1. The summed E-state index contributed by atoms with van der Waals surface area (Å²) in [7, 11) is 1.50. The second-order valence-corrected chi connectivity index (χ2v) is 5.56. The zero-order valence-corrected chi connectivity index (χ0v) is 13.1. The molecule has 23 heavy (non-hydrogen) atoms. The molecule has 0 saturated carbocycles. The second-order valence-electron chi connectivity index (χ2n) is 5.56. The first-order valence-electron chi connectivity index (χ1n) is 7.43. The van der Waals surface area contributed by atoms with Crippen molar-refractivity contribution in [2.45, 2.75) is 30.9 Å². The lowest BCUT2D eigenvalue weighted by molar-refractivity contribution is -0.159. The van der Waals surface area contributed by atoms with Crippen LogP contribution in [0, 0.1) is 0 Å². The third kappa shape index (κ3) is 4.28. The number of methoxy groups -OCH3 is 1. The monoisotopic (exact) mass is 322 g/mol. The quantitative estimate of drug-likeness (QED) is 0.654.